The van der Waals surface area contributed by atoms with E-state index in [4.69, 9.17) is 0 Å². The number of piperidine rings is 1. The van der Waals surface area contributed by atoms with E-state index in [1.807, 2.05) is 12.1 Å². The third-order valence-electron chi connectivity index (χ3n) is 3.55. The molecule has 1 unspecified atom stereocenters. The van der Waals surface area contributed by atoms with Gasteiger partial charge in [-0.2, -0.15) is 0 Å². The SMILES string of the molecule is CC1CCCN(c2ncnc3c(Br)cccc23)C1. The highest BCUT2D eigenvalue weighted by Crippen LogP contribution is 2.30. The van der Waals surface area contributed by atoms with Gasteiger partial charge in [-0.25, -0.2) is 9.97 Å². The van der Waals surface area contributed by atoms with Crippen LogP contribution >= 0.6 is 15.9 Å². The molecule has 0 N–H and O–H groups in total. The van der Waals surface area contributed by atoms with Crippen LogP contribution in [0.3, 0.4) is 0 Å². The number of aromatic nitrogens is 2. The Morgan fingerprint density at radius 1 is 1.33 bits per heavy atom. The van der Waals surface area contributed by atoms with Gasteiger partial charge in [-0.1, -0.05) is 13.0 Å². The second kappa shape index (κ2) is 4.84. The molecule has 1 aromatic carbocycles. The molecule has 4 heteroatoms. The molecule has 94 valence electrons. The molecule has 1 fully saturated rings. The van der Waals surface area contributed by atoms with E-state index in [0.29, 0.717) is 0 Å². The maximum Gasteiger partial charge on any atom is 0.139 e. The minimum atomic E-state index is 0.746. The lowest BCUT2D eigenvalue weighted by molar-refractivity contribution is 0.445. The van der Waals surface area contributed by atoms with Gasteiger partial charge in [0, 0.05) is 22.9 Å². The van der Waals surface area contributed by atoms with Gasteiger partial charge in [0.05, 0.1) is 5.52 Å². The van der Waals surface area contributed by atoms with E-state index < -0.39 is 0 Å². The topological polar surface area (TPSA) is 29.0 Å². The normalized spacial score (nSPS) is 20.3. The van der Waals surface area contributed by atoms with Gasteiger partial charge in [-0.15, -0.1) is 0 Å². The molecule has 1 aliphatic heterocycles. The third-order valence-corrected chi connectivity index (χ3v) is 4.19. The van der Waals surface area contributed by atoms with Gasteiger partial charge in [-0.05, 0) is 46.8 Å². The molecule has 0 amide bonds. The van der Waals surface area contributed by atoms with Crippen LogP contribution in [0.1, 0.15) is 19.8 Å². The van der Waals surface area contributed by atoms with Crippen LogP contribution in [0.2, 0.25) is 0 Å². The van der Waals surface area contributed by atoms with Crippen molar-refractivity contribution in [1.29, 1.82) is 0 Å². The summed E-state index contributed by atoms with van der Waals surface area (Å²) >= 11 is 3.56. The number of benzene rings is 1. The standard InChI is InChI=1S/C14H16BrN3/c1-10-4-3-7-18(8-10)14-11-5-2-6-12(15)13(11)16-9-17-14/h2,5-6,9-10H,3-4,7-8H2,1H3. The van der Waals surface area contributed by atoms with E-state index >= 15 is 0 Å². The van der Waals surface area contributed by atoms with Crippen molar-refractivity contribution in [3.05, 3.63) is 29.0 Å². The van der Waals surface area contributed by atoms with Crippen molar-refractivity contribution in [2.24, 2.45) is 5.92 Å². The number of fused-ring (bicyclic) bond motifs is 1. The third kappa shape index (κ3) is 2.09. The zero-order valence-electron chi connectivity index (χ0n) is 10.4. The number of anilines is 1. The Hall–Kier alpha value is -1.16. The Kier molecular flexibility index (Phi) is 3.20. The van der Waals surface area contributed by atoms with Crippen LogP contribution in [-0.2, 0) is 0 Å². The number of para-hydroxylation sites is 1. The van der Waals surface area contributed by atoms with E-state index in [-0.39, 0.29) is 0 Å². The average Bonchev–Trinajstić information content (AvgIpc) is 2.39. The van der Waals surface area contributed by atoms with E-state index in [1.54, 1.807) is 6.33 Å². The van der Waals surface area contributed by atoms with Crippen LogP contribution in [0, 0.1) is 5.92 Å². The van der Waals surface area contributed by atoms with Gasteiger partial charge in [0.15, 0.2) is 0 Å². The summed E-state index contributed by atoms with van der Waals surface area (Å²) in [5, 5.41) is 1.14. The minimum absolute atomic E-state index is 0.746. The highest BCUT2D eigenvalue weighted by atomic mass is 79.9. The van der Waals surface area contributed by atoms with Crippen molar-refractivity contribution in [1.82, 2.24) is 9.97 Å². The Labute approximate surface area is 115 Å². The Bertz CT molecular complexity index is 570. The van der Waals surface area contributed by atoms with Crippen molar-refractivity contribution in [3.63, 3.8) is 0 Å². The molecule has 0 radical (unpaired) electrons. The lowest BCUT2D eigenvalue weighted by atomic mass is 10.00. The maximum atomic E-state index is 4.50. The maximum absolute atomic E-state index is 4.50. The van der Waals surface area contributed by atoms with Crippen LogP contribution in [0.5, 0.6) is 0 Å². The first-order chi connectivity index (χ1) is 8.75. The second-order valence-corrected chi connectivity index (χ2v) is 5.88. The van der Waals surface area contributed by atoms with Gasteiger partial charge >= 0.3 is 0 Å². The summed E-state index contributed by atoms with van der Waals surface area (Å²) in [6.45, 7) is 4.51. The van der Waals surface area contributed by atoms with E-state index in [2.05, 4.69) is 43.8 Å². The molecular weight excluding hydrogens is 290 g/mol. The van der Waals surface area contributed by atoms with E-state index in [9.17, 15) is 0 Å². The summed E-state index contributed by atoms with van der Waals surface area (Å²) < 4.78 is 1.04. The summed E-state index contributed by atoms with van der Waals surface area (Å²) in [4.78, 5) is 11.3. The fourth-order valence-electron chi connectivity index (χ4n) is 2.67. The predicted molar refractivity (Wildman–Crippen MR) is 77.8 cm³/mol. The summed E-state index contributed by atoms with van der Waals surface area (Å²) in [6, 6.07) is 6.18. The molecule has 18 heavy (non-hydrogen) atoms. The summed E-state index contributed by atoms with van der Waals surface area (Å²) in [6.07, 6.45) is 4.24. The van der Waals surface area contributed by atoms with Crippen LogP contribution in [0.4, 0.5) is 5.82 Å². The van der Waals surface area contributed by atoms with Crippen molar-refractivity contribution in [3.8, 4) is 0 Å². The smallest absolute Gasteiger partial charge is 0.139 e. The van der Waals surface area contributed by atoms with Crippen LogP contribution in [-0.4, -0.2) is 23.1 Å². The molecule has 1 aliphatic rings. The molecule has 2 heterocycles. The van der Waals surface area contributed by atoms with Crippen molar-refractivity contribution >= 4 is 32.7 Å². The van der Waals surface area contributed by atoms with Crippen molar-refractivity contribution in [2.45, 2.75) is 19.8 Å². The predicted octanol–water partition coefficient (Wildman–Crippen LogP) is 3.63. The monoisotopic (exact) mass is 305 g/mol. The highest BCUT2D eigenvalue weighted by molar-refractivity contribution is 9.10. The van der Waals surface area contributed by atoms with Crippen molar-refractivity contribution < 1.29 is 0 Å². The number of rotatable bonds is 1. The molecule has 0 spiro atoms. The summed E-state index contributed by atoms with van der Waals surface area (Å²) in [7, 11) is 0. The Balaban J connectivity index is 2.09. The molecule has 1 saturated heterocycles. The fraction of sp³-hybridized carbons (Fsp3) is 0.429. The van der Waals surface area contributed by atoms with Crippen LogP contribution in [0.25, 0.3) is 10.9 Å². The van der Waals surface area contributed by atoms with Gasteiger partial charge in [0.1, 0.15) is 12.1 Å². The first-order valence-corrected chi connectivity index (χ1v) is 7.19. The van der Waals surface area contributed by atoms with Gasteiger partial charge in [0.25, 0.3) is 0 Å². The quantitative estimate of drug-likeness (QED) is 0.805. The van der Waals surface area contributed by atoms with Gasteiger partial charge < -0.3 is 4.90 Å². The summed E-state index contributed by atoms with van der Waals surface area (Å²) in [5.41, 5.74) is 1.00. The Morgan fingerprint density at radius 3 is 3.06 bits per heavy atom. The molecule has 1 atom stereocenters. The molecule has 3 nitrogen and oxygen atoms in total. The first-order valence-electron chi connectivity index (χ1n) is 6.40. The second-order valence-electron chi connectivity index (χ2n) is 5.03. The number of nitrogens with zero attached hydrogens (tertiary/aromatic N) is 3. The van der Waals surface area contributed by atoms with E-state index in [0.717, 1.165) is 40.2 Å². The first kappa shape index (κ1) is 11.9. The van der Waals surface area contributed by atoms with Crippen LogP contribution < -0.4 is 4.90 Å². The molecule has 3 rings (SSSR count). The zero-order chi connectivity index (χ0) is 12.5. The van der Waals surface area contributed by atoms with Crippen molar-refractivity contribution in [2.75, 3.05) is 18.0 Å². The fourth-order valence-corrected chi connectivity index (χ4v) is 3.14. The Morgan fingerprint density at radius 2 is 2.22 bits per heavy atom. The van der Waals surface area contributed by atoms with Crippen LogP contribution in [0.15, 0.2) is 29.0 Å². The largest absolute Gasteiger partial charge is 0.356 e. The molecule has 0 aliphatic carbocycles. The molecule has 1 aromatic heterocycles. The summed E-state index contributed by atoms with van der Waals surface area (Å²) in [5.74, 6) is 1.82. The number of hydrogen-bond acceptors (Lipinski definition) is 3. The number of halogens is 1. The molecule has 0 bridgehead atoms. The zero-order valence-corrected chi connectivity index (χ0v) is 12.0. The van der Waals surface area contributed by atoms with Gasteiger partial charge in [0.2, 0.25) is 0 Å². The van der Waals surface area contributed by atoms with E-state index in [1.165, 1.54) is 12.8 Å². The average molecular weight is 306 g/mol. The highest BCUT2D eigenvalue weighted by Gasteiger charge is 2.19. The molecule has 2 aromatic rings. The van der Waals surface area contributed by atoms with Gasteiger partial charge in [-0.3, -0.25) is 0 Å². The molecule has 0 saturated carbocycles. The molecular formula is C14H16BrN3. The lowest BCUT2D eigenvalue weighted by Crippen LogP contribution is -2.34. The number of hydrogen-bond donors (Lipinski definition) is 0. The minimum Gasteiger partial charge on any atom is -0.356 e. The lowest BCUT2D eigenvalue weighted by Gasteiger charge is -2.32.